The minimum atomic E-state index is 0.354. The highest BCUT2D eigenvalue weighted by atomic mass is 14.6. The van der Waals surface area contributed by atoms with Gasteiger partial charge in [0, 0.05) is 11.6 Å². The molecule has 0 aliphatic heterocycles. The molecule has 2 N–H and O–H groups in total. The molecule has 0 heterocycles. The van der Waals surface area contributed by atoms with E-state index in [2.05, 4.69) is 37.3 Å². The number of benzene rings is 2. The molecule has 2 aromatic carbocycles. The smallest absolute Gasteiger partial charge is 0.0352 e. The van der Waals surface area contributed by atoms with Gasteiger partial charge in [-0.1, -0.05) is 55.5 Å². The molecule has 0 radical (unpaired) electrons. The average Bonchev–Trinajstić information content (AvgIpc) is 2.30. The predicted octanol–water partition coefficient (Wildman–Crippen LogP) is 3.42. The van der Waals surface area contributed by atoms with Crippen LogP contribution in [0.2, 0.25) is 0 Å². The first kappa shape index (κ1) is 9.78. The van der Waals surface area contributed by atoms with Crippen molar-refractivity contribution in [1.82, 2.24) is 0 Å². The second kappa shape index (κ2) is 4.18. The van der Waals surface area contributed by atoms with Gasteiger partial charge in [0.15, 0.2) is 0 Å². The van der Waals surface area contributed by atoms with Crippen LogP contribution in [0.15, 0.2) is 54.6 Å². The summed E-state index contributed by atoms with van der Waals surface area (Å²) < 4.78 is 0. The van der Waals surface area contributed by atoms with Crippen molar-refractivity contribution < 1.29 is 0 Å². The summed E-state index contributed by atoms with van der Waals surface area (Å²) in [7, 11) is 0. The van der Waals surface area contributed by atoms with Gasteiger partial charge in [0.25, 0.3) is 0 Å². The summed E-state index contributed by atoms with van der Waals surface area (Å²) in [6, 6.07) is 18.5. The Morgan fingerprint density at radius 3 is 2.13 bits per heavy atom. The summed E-state index contributed by atoms with van der Waals surface area (Å²) in [5.41, 5.74) is 9.33. The van der Waals surface area contributed by atoms with Gasteiger partial charge in [0.2, 0.25) is 0 Å². The van der Waals surface area contributed by atoms with E-state index in [-0.39, 0.29) is 0 Å². The molecule has 1 heteroatoms. The summed E-state index contributed by atoms with van der Waals surface area (Å²) in [4.78, 5) is 0. The van der Waals surface area contributed by atoms with Crippen molar-refractivity contribution in [2.75, 3.05) is 5.73 Å². The molecule has 0 spiro atoms. The number of hydrogen-bond acceptors (Lipinski definition) is 1. The number of para-hydroxylation sites is 1. The molecule has 15 heavy (non-hydrogen) atoms. The third-order valence-electron chi connectivity index (χ3n) is 2.76. The van der Waals surface area contributed by atoms with Crippen LogP contribution < -0.4 is 5.73 Å². The number of rotatable bonds is 2. The van der Waals surface area contributed by atoms with Crippen molar-refractivity contribution in [3.8, 4) is 0 Å². The lowest BCUT2D eigenvalue weighted by Crippen LogP contribution is -2.00. The van der Waals surface area contributed by atoms with Gasteiger partial charge in [-0.25, -0.2) is 0 Å². The maximum atomic E-state index is 5.96. The SMILES string of the molecule is C[C@@H](c1ccccc1)c1ccccc1N. The van der Waals surface area contributed by atoms with Crippen molar-refractivity contribution in [2.45, 2.75) is 12.8 Å². The maximum absolute atomic E-state index is 5.96. The lowest BCUT2D eigenvalue weighted by Gasteiger charge is -2.14. The minimum Gasteiger partial charge on any atom is -0.398 e. The standard InChI is InChI=1S/C14H15N/c1-11(12-7-3-2-4-8-12)13-9-5-6-10-14(13)15/h2-11H,15H2,1H3/t11-/m0/s1. The zero-order valence-electron chi connectivity index (χ0n) is 8.85. The molecule has 0 fully saturated rings. The summed E-state index contributed by atoms with van der Waals surface area (Å²) in [5.74, 6) is 0.354. The third-order valence-corrected chi connectivity index (χ3v) is 2.76. The quantitative estimate of drug-likeness (QED) is 0.733. The minimum absolute atomic E-state index is 0.354. The molecule has 2 rings (SSSR count). The summed E-state index contributed by atoms with van der Waals surface area (Å²) >= 11 is 0. The van der Waals surface area contributed by atoms with Gasteiger partial charge in [-0.05, 0) is 17.2 Å². The second-order valence-corrected chi connectivity index (χ2v) is 3.76. The molecule has 2 aromatic rings. The molecule has 0 saturated carbocycles. The first-order chi connectivity index (χ1) is 7.29. The third kappa shape index (κ3) is 2.01. The van der Waals surface area contributed by atoms with E-state index >= 15 is 0 Å². The molecular weight excluding hydrogens is 182 g/mol. The zero-order valence-corrected chi connectivity index (χ0v) is 8.85. The van der Waals surface area contributed by atoms with Crippen molar-refractivity contribution in [1.29, 1.82) is 0 Å². The van der Waals surface area contributed by atoms with Crippen LogP contribution in [0.1, 0.15) is 24.0 Å². The van der Waals surface area contributed by atoms with E-state index in [0.717, 1.165) is 5.69 Å². The second-order valence-electron chi connectivity index (χ2n) is 3.76. The van der Waals surface area contributed by atoms with Gasteiger partial charge < -0.3 is 5.73 Å². The summed E-state index contributed by atoms with van der Waals surface area (Å²) in [6.45, 7) is 2.18. The van der Waals surface area contributed by atoms with Crippen LogP contribution in [-0.2, 0) is 0 Å². The number of nitrogens with two attached hydrogens (primary N) is 1. The van der Waals surface area contributed by atoms with Gasteiger partial charge in [-0.15, -0.1) is 0 Å². The number of nitrogen functional groups attached to an aromatic ring is 1. The molecule has 0 aliphatic carbocycles. The van der Waals surface area contributed by atoms with Crippen LogP contribution in [0.3, 0.4) is 0 Å². The van der Waals surface area contributed by atoms with Crippen molar-refractivity contribution >= 4 is 5.69 Å². The highest BCUT2D eigenvalue weighted by Gasteiger charge is 2.09. The van der Waals surface area contributed by atoms with Gasteiger partial charge in [-0.3, -0.25) is 0 Å². The summed E-state index contributed by atoms with van der Waals surface area (Å²) in [6.07, 6.45) is 0. The van der Waals surface area contributed by atoms with E-state index in [0.29, 0.717) is 5.92 Å². The van der Waals surface area contributed by atoms with E-state index in [9.17, 15) is 0 Å². The van der Waals surface area contributed by atoms with Crippen LogP contribution in [0.4, 0.5) is 5.69 Å². The molecule has 0 amide bonds. The predicted molar refractivity (Wildman–Crippen MR) is 64.8 cm³/mol. The fourth-order valence-corrected chi connectivity index (χ4v) is 1.83. The molecule has 0 unspecified atom stereocenters. The van der Waals surface area contributed by atoms with E-state index in [1.807, 2.05) is 24.3 Å². The van der Waals surface area contributed by atoms with Crippen molar-refractivity contribution in [3.63, 3.8) is 0 Å². The fraction of sp³-hybridized carbons (Fsp3) is 0.143. The van der Waals surface area contributed by atoms with E-state index < -0.39 is 0 Å². The van der Waals surface area contributed by atoms with Gasteiger partial charge in [0.1, 0.15) is 0 Å². The Bertz CT molecular complexity index is 434. The fourth-order valence-electron chi connectivity index (χ4n) is 1.83. The molecular formula is C14H15N. The lowest BCUT2D eigenvalue weighted by atomic mass is 9.92. The van der Waals surface area contributed by atoms with Crippen LogP contribution in [0, 0.1) is 0 Å². The normalized spacial score (nSPS) is 12.3. The molecule has 0 bridgehead atoms. The van der Waals surface area contributed by atoms with Crippen LogP contribution in [-0.4, -0.2) is 0 Å². The lowest BCUT2D eigenvalue weighted by molar-refractivity contribution is 0.926. The Morgan fingerprint density at radius 1 is 0.867 bits per heavy atom. The Kier molecular flexibility index (Phi) is 2.72. The largest absolute Gasteiger partial charge is 0.398 e. The Labute approximate surface area is 90.6 Å². The van der Waals surface area contributed by atoms with Gasteiger partial charge in [0.05, 0.1) is 0 Å². The highest BCUT2D eigenvalue weighted by Crippen LogP contribution is 2.27. The monoisotopic (exact) mass is 197 g/mol. The van der Waals surface area contributed by atoms with Crippen LogP contribution >= 0.6 is 0 Å². The van der Waals surface area contributed by atoms with E-state index in [4.69, 9.17) is 5.73 Å². The van der Waals surface area contributed by atoms with E-state index in [1.165, 1.54) is 11.1 Å². The molecule has 76 valence electrons. The Morgan fingerprint density at radius 2 is 1.47 bits per heavy atom. The maximum Gasteiger partial charge on any atom is 0.0352 e. The summed E-state index contributed by atoms with van der Waals surface area (Å²) in [5, 5.41) is 0. The van der Waals surface area contributed by atoms with Crippen molar-refractivity contribution in [2.24, 2.45) is 0 Å². The van der Waals surface area contributed by atoms with Crippen LogP contribution in [0.5, 0.6) is 0 Å². The molecule has 0 aliphatic rings. The molecule has 0 aromatic heterocycles. The van der Waals surface area contributed by atoms with E-state index in [1.54, 1.807) is 0 Å². The van der Waals surface area contributed by atoms with Crippen LogP contribution in [0.25, 0.3) is 0 Å². The van der Waals surface area contributed by atoms with Gasteiger partial charge in [-0.2, -0.15) is 0 Å². The highest BCUT2D eigenvalue weighted by molar-refractivity contribution is 5.51. The number of hydrogen-bond donors (Lipinski definition) is 1. The van der Waals surface area contributed by atoms with Crippen molar-refractivity contribution in [3.05, 3.63) is 65.7 Å². The van der Waals surface area contributed by atoms with Gasteiger partial charge >= 0.3 is 0 Å². The average molecular weight is 197 g/mol. The first-order valence-electron chi connectivity index (χ1n) is 5.18. The molecule has 0 saturated heterocycles. The Balaban J connectivity index is 2.37. The Hall–Kier alpha value is -1.76. The number of anilines is 1. The topological polar surface area (TPSA) is 26.0 Å². The molecule has 1 atom stereocenters. The first-order valence-corrected chi connectivity index (χ1v) is 5.18. The molecule has 1 nitrogen and oxygen atoms in total. The zero-order chi connectivity index (χ0) is 10.7.